The number of amides is 3. The molecule has 7 heteroatoms. The predicted octanol–water partition coefficient (Wildman–Crippen LogP) is -2.61. The lowest BCUT2D eigenvalue weighted by Gasteiger charge is -2.18. The minimum absolute atomic E-state index is 0.0173. The van der Waals surface area contributed by atoms with E-state index in [0.29, 0.717) is 0 Å². The highest BCUT2D eigenvalue weighted by atomic mass is 16.2. The Bertz CT molecular complexity index is 397. The van der Waals surface area contributed by atoms with Gasteiger partial charge < -0.3 is 22.5 Å². The van der Waals surface area contributed by atoms with Crippen LogP contribution >= 0.6 is 0 Å². The predicted molar refractivity (Wildman–Crippen MR) is 50.1 cm³/mol. The second-order valence-electron chi connectivity index (χ2n) is 2.79. The molecule has 1 heterocycles. The quantitative estimate of drug-likeness (QED) is 0.404. The highest BCUT2D eigenvalue weighted by Gasteiger charge is 2.24. The number of primary amides is 3. The molecule has 0 aromatic carbocycles. The molecular formula is C8H9N4O3. The Kier molecular flexibility index (Phi) is 2.75. The summed E-state index contributed by atoms with van der Waals surface area (Å²) in [6.07, 6.45) is 2.30. The Morgan fingerprint density at radius 1 is 0.933 bits per heavy atom. The average Bonchev–Trinajstić information content (AvgIpc) is 2.16. The number of hydrogen-bond donors (Lipinski definition) is 4. The van der Waals surface area contributed by atoms with Crippen LogP contribution in [0.2, 0.25) is 0 Å². The van der Waals surface area contributed by atoms with E-state index in [1.54, 1.807) is 0 Å². The molecule has 1 radical (unpaired) electrons. The molecule has 0 saturated carbocycles. The van der Waals surface area contributed by atoms with Crippen LogP contribution in [0, 0.1) is 6.04 Å². The Morgan fingerprint density at radius 2 is 1.53 bits per heavy atom. The van der Waals surface area contributed by atoms with Gasteiger partial charge in [-0.25, -0.2) is 0 Å². The lowest BCUT2D eigenvalue weighted by atomic mass is 10.0. The first kappa shape index (κ1) is 10.8. The maximum atomic E-state index is 10.9. The lowest BCUT2D eigenvalue weighted by Crippen LogP contribution is -2.39. The lowest BCUT2D eigenvalue weighted by molar-refractivity contribution is -0.116. The molecule has 0 aromatic rings. The molecule has 0 bridgehead atoms. The molecule has 7 N–H and O–H groups in total. The van der Waals surface area contributed by atoms with E-state index in [4.69, 9.17) is 17.2 Å². The number of rotatable bonds is 3. The minimum atomic E-state index is -0.819. The SMILES string of the molecule is NC(=O)[C]1C=C(C(N)=O)C=C(C(N)=O)N1. The van der Waals surface area contributed by atoms with Crippen molar-refractivity contribution in [2.75, 3.05) is 0 Å². The molecule has 0 saturated heterocycles. The molecule has 0 unspecified atom stereocenters. The van der Waals surface area contributed by atoms with E-state index in [1.165, 1.54) is 0 Å². The van der Waals surface area contributed by atoms with Gasteiger partial charge in [0.15, 0.2) is 6.04 Å². The summed E-state index contributed by atoms with van der Waals surface area (Å²) in [5, 5.41) is 2.38. The monoisotopic (exact) mass is 209 g/mol. The normalized spacial score (nSPS) is 16.0. The maximum absolute atomic E-state index is 10.9. The molecular weight excluding hydrogens is 200 g/mol. The molecule has 0 atom stereocenters. The van der Waals surface area contributed by atoms with Crippen molar-refractivity contribution in [1.82, 2.24) is 5.32 Å². The second kappa shape index (κ2) is 3.82. The van der Waals surface area contributed by atoms with Crippen molar-refractivity contribution in [2.45, 2.75) is 0 Å². The number of carbonyl (C=O) groups excluding carboxylic acids is 3. The Morgan fingerprint density at radius 3 is 1.93 bits per heavy atom. The van der Waals surface area contributed by atoms with Crippen LogP contribution in [-0.4, -0.2) is 17.7 Å². The Balaban J connectivity index is 3.07. The average molecular weight is 209 g/mol. The second-order valence-corrected chi connectivity index (χ2v) is 2.79. The zero-order valence-electron chi connectivity index (χ0n) is 7.61. The van der Waals surface area contributed by atoms with Gasteiger partial charge in [0.25, 0.3) is 11.8 Å². The summed E-state index contributed by atoms with van der Waals surface area (Å²) in [7, 11) is 0. The van der Waals surface area contributed by atoms with Crippen LogP contribution in [0.3, 0.4) is 0 Å². The topological polar surface area (TPSA) is 141 Å². The Hall–Kier alpha value is -2.31. The van der Waals surface area contributed by atoms with E-state index < -0.39 is 17.7 Å². The van der Waals surface area contributed by atoms with Gasteiger partial charge in [-0.05, 0) is 12.2 Å². The fourth-order valence-corrected chi connectivity index (χ4v) is 0.978. The first-order valence-corrected chi connectivity index (χ1v) is 3.88. The van der Waals surface area contributed by atoms with Gasteiger partial charge in [0, 0.05) is 5.57 Å². The summed E-state index contributed by atoms with van der Waals surface area (Å²) in [5.41, 5.74) is 14.8. The smallest absolute Gasteiger partial charge is 0.264 e. The first-order valence-electron chi connectivity index (χ1n) is 3.88. The Labute approximate surface area is 85.0 Å². The van der Waals surface area contributed by atoms with Crippen molar-refractivity contribution in [1.29, 1.82) is 0 Å². The van der Waals surface area contributed by atoms with Crippen LogP contribution in [-0.2, 0) is 14.4 Å². The largest absolute Gasteiger partial charge is 0.367 e. The zero-order chi connectivity index (χ0) is 11.6. The van der Waals surface area contributed by atoms with Gasteiger partial charge in [-0.2, -0.15) is 0 Å². The van der Waals surface area contributed by atoms with Gasteiger partial charge >= 0.3 is 0 Å². The van der Waals surface area contributed by atoms with Gasteiger partial charge in [-0.1, -0.05) is 0 Å². The number of nitrogens with two attached hydrogens (primary N) is 3. The highest BCUT2D eigenvalue weighted by molar-refractivity contribution is 6.04. The van der Waals surface area contributed by atoms with E-state index in [-0.39, 0.29) is 17.3 Å². The molecule has 1 rings (SSSR count). The van der Waals surface area contributed by atoms with Crippen molar-refractivity contribution < 1.29 is 14.4 Å². The summed E-state index contributed by atoms with van der Waals surface area (Å²) >= 11 is 0. The number of hydrogen-bond acceptors (Lipinski definition) is 4. The minimum Gasteiger partial charge on any atom is -0.367 e. The molecule has 1 aliphatic rings. The van der Waals surface area contributed by atoms with E-state index >= 15 is 0 Å². The van der Waals surface area contributed by atoms with Crippen LogP contribution < -0.4 is 22.5 Å². The van der Waals surface area contributed by atoms with Gasteiger partial charge in [-0.15, -0.1) is 0 Å². The molecule has 0 aliphatic carbocycles. The van der Waals surface area contributed by atoms with E-state index in [2.05, 4.69) is 5.32 Å². The van der Waals surface area contributed by atoms with Crippen molar-refractivity contribution >= 4 is 17.7 Å². The fraction of sp³-hybridized carbons (Fsp3) is 0. The summed E-state index contributed by atoms with van der Waals surface area (Å²) in [5.74, 6) is -2.42. The van der Waals surface area contributed by atoms with Crippen LogP contribution in [0.4, 0.5) is 0 Å². The third kappa shape index (κ3) is 2.33. The van der Waals surface area contributed by atoms with Crippen LogP contribution in [0.1, 0.15) is 0 Å². The molecule has 3 amide bonds. The fourth-order valence-electron chi connectivity index (χ4n) is 0.978. The van der Waals surface area contributed by atoms with E-state index in [0.717, 1.165) is 12.2 Å². The van der Waals surface area contributed by atoms with Crippen molar-refractivity contribution in [3.63, 3.8) is 0 Å². The molecule has 7 nitrogen and oxygen atoms in total. The molecule has 79 valence electrons. The number of carbonyl (C=O) groups is 3. The third-order valence-electron chi connectivity index (χ3n) is 1.68. The van der Waals surface area contributed by atoms with E-state index in [1.807, 2.05) is 0 Å². The molecule has 15 heavy (non-hydrogen) atoms. The molecule has 0 spiro atoms. The number of nitrogens with one attached hydrogen (secondary N) is 1. The summed E-state index contributed by atoms with van der Waals surface area (Å²) in [4.78, 5) is 32.5. The molecule has 1 aliphatic heterocycles. The van der Waals surface area contributed by atoms with Gasteiger partial charge in [-0.3, -0.25) is 14.4 Å². The maximum Gasteiger partial charge on any atom is 0.264 e. The summed E-state index contributed by atoms with van der Waals surface area (Å²) < 4.78 is 0. The third-order valence-corrected chi connectivity index (χ3v) is 1.68. The standard InChI is InChI=1S/C8H9N4O3/c9-6(13)3-1-4(7(10)14)12-5(2-3)8(11)15/h1-2,12H,(H2,9,13)(H2,10,14)(H2,11,15). The van der Waals surface area contributed by atoms with Gasteiger partial charge in [0.1, 0.15) is 5.70 Å². The van der Waals surface area contributed by atoms with E-state index in [9.17, 15) is 14.4 Å². The van der Waals surface area contributed by atoms with Crippen molar-refractivity contribution in [3.05, 3.63) is 29.5 Å². The highest BCUT2D eigenvalue weighted by Crippen LogP contribution is 2.13. The summed E-state index contributed by atoms with van der Waals surface area (Å²) in [6, 6.07) is -0.111. The van der Waals surface area contributed by atoms with Crippen molar-refractivity contribution in [2.24, 2.45) is 17.2 Å². The van der Waals surface area contributed by atoms with Crippen LogP contribution in [0.15, 0.2) is 23.4 Å². The van der Waals surface area contributed by atoms with Crippen LogP contribution in [0.5, 0.6) is 0 Å². The van der Waals surface area contributed by atoms with Gasteiger partial charge in [0.05, 0.1) is 0 Å². The van der Waals surface area contributed by atoms with Gasteiger partial charge in [0.2, 0.25) is 5.91 Å². The zero-order valence-corrected chi connectivity index (χ0v) is 7.61. The van der Waals surface area contributed by atoms with Crippen LogP contribution in [0.25, 0.3) is 0 Å². The molecule has 0 aromatic heterocycles. The summed E-state index contributed by atoms with van der Waals surface area (Å²) in [6.45, 7) is 0. The number of dihydropyridines is 1. The first-order chi connectivity index (χ1) is 6.91. The molecule has 0 fully saturated rings. The van der Waals surface area contributed by atoms with Crippen molar-refractivity contribution in [3.8, 4) is 0 Å².